The number of ether oxygens (including phenoxy) is 2. The van der Waals surface area contributed by atoms with Gasteiger partial charge in [0.15, 0.2) is 6.10 Å². The van der Waals surface area contributed by atoms with Crippen molar-refractivity contribution >= 4 is 17.6 Å². The number of rotatable bonds is 6. The van der Waals surface area contributed by atoms with Gasteiger partial charge in [0.05, 0.1) is 12.2 Å². The standard InChI is InChI=1S/C18H18FNO4/c1-3-23-16-10-4-13(5-11-16)18(22)24-12(2)17(21)20-15-8-6-14(19)7-9-15/h4-12H,3H2,1-2H3,(H,20,21)/t12-/m1/s1. The number of esters is 1. The molecular formula is C18H18FNO4. The average molecular weight is 331 g/mol. The zero-order chi connectivity index (χ0) is 17.5. The molecule has 0 aliphatic rings. The molecule has 0 aromatic heterocycles. The van der Waals surface area contributed by atoms with Gasteiger partial charge >= 0.3 is 5.97 Å². The summed E-state index contributed by atoms with van der Waals surface area (Å²) in [6.07, 6.45) is -0.992. The lowest BCUT2D eigenvalue weighted by Crippen LogP contribution is -2.30. The van der Waals surface area contributed by atoms with Crippen LogP contribution in [0.3, 0.4) is 0 Å². The lowest BCUT2D eigenvalue weighted by Gasteiger charge is -2.13. The van der Waals surface area contributed by atoms with Gasteiger partial charge in [-0.05, 0) is 62.4 Å². The first kappa shape index (κ1) is 17.5. The predicted molar refractivity (Wildman–Crippen MR) is 87.5 cm³/mol. The number of nitrogens with one attached hydrogen (secondary N) is 1. The van der Waals surface area contributed by atoms with Gasteiger partial charge in [-0.25, -0.2) is 9.18 Å². The van der Waals surface area contributed by atoms with Gasteiger partial charge in [-0.15, -0.1) is 0 Å². The van der Waals surface area contributed by atoms with Crippen LogP contribution in [0.2, 0.25) is 0 Å². The average Bonchev–Trinajstić information content (AvgIpc) is 2.57. The van der Waals surface area contributed by atoms with Crippen molar-refractivity contribution < 1.29 is 23.5 Å². The Morgan fingerprint density at radius 3 is 2.29 bits per heavy atom. The Morgan fingerprint density at radius 2 is 1.71 bits per heavy atom. The van der Waals surface area contributed by atoms with Crippen LogP contribution in [-0.2, 0) is 9.53 Å². The molecule has 0 radical (unpaired) electrons. The Bertz CT molecular complexity index is 698. The fourth-order valence-corrected chi connectivity index (χ4v) is 1.91. The van der Waals surface area contributed by atoms with E-state index in [1.807, 2.05) is 6.92 Å². The van der Waals surface area contributed by atoms with Gasteiger partial charge in [-0.1, -0.05) is 0 Å². The molecule has 5 nitrogen and oxygen atoms in total. The number of hydrogen-bond donors (Lipinski definition) is 1. The number of amides is 1. The predicted octanol–water partition coefficient (Wildman–Crippen LogP) is 3.41. The highest BCUT2D eigenvalue weighted by atomic mass is 19.1. The summed E-state index contributed by atoms with van der Waals surface area (Å²) in [5.41, 5.74) is 0.741. The summed E-state index contributed by atoms with van der Waals surface area (Å²) in [6, 6.07) is 11.8. The summed E-state index contributed by atoms with van der Waals surface area (Å²) >= 11 is 0. The van der Waals surface area contributed by atoms with Gasteiger partial charge in [0.2, 0.25) is 0 Å². The molecule has 0 unspecified atom stereocenters. The maximum Gasteiger partial charge on any atom is 0.338 e. The number of halogens is 1. The molecule has 0 bridgehead atoms. The smallest absolute Gasteiger partial charge is 0.338 e. The van der Waals surface area contributed by atoms with E-state index < -0.39 is 23.8 Å². The minimum absolute atomic E-state index is 0.319. The SMILES string of the molecule is CCOc1ccc(C(=O)O[C@H](C)C(=O)Nc2ccc(F)cc2)cc1. The van der Waals surface area contributed by atoms with E-state index in [2.05, 4.69) is 5.32 Å². The summed E-state index contributed by atoms with van der Waals surface area (Å²) in [7, 11) is 0. The largest absolute Gasteiger partial charge is 0.494 e. The molecule has 0 aliphatic carbocycles. The molecule has 1 amide bonds. The number of hydrogen-bond acceptors (Lipinski definition) is 4. The summed E-state index contributed by atoms with van der Waals surface area (Å²) in [5, 5.41) is 2.55. The topological polar surface area (TPSA) is 64.6 Å². The highest BCUT2D eigenvalue weighted by molar-refractivity contribution is 5.97. The van der Waals surface area contributed by atoms with Crippen molar-refractivity contribution in [3.05, 3.63) is 59.9 Å². The van der Waals surface area contributed by atoms with Crippen LogP contribution < -0.4 is 10.1 Å². The van der Waals surface area contributed by atoms with E-state index in [0.29, 0.717) is 23.6 Å². The quantitative estimate of drug-likeness (QED) is 0.824. The summed E-state index contributed by atoms with van der Waals surface area (Å²) in [4.78, 5) is 24.0. The third-order valence-corrected chi connectivity index (χ3v) is 3.17. The van der Waals surface area contributed by atoms with E-state index >= 15 is 0 Å². The Balaban J connectivity index is 1.92. The van der Waals surface area contributed by atoms with Gasteiger partial charge in [0, 0.05) is 5.69 Å². The molecular weight excluding hydrogens is 313 g/mol. The van der Waals surface area contributed by atoms with E-state index in [9.17, 15) is 14.0 Å². The molecule has 0 spiro atoms. The molecule has 0 heterocycles. The van der Waals surface area contributed by atoms with Crippen LogP contribution in [-0.4, -0.2) is 24.6 Å². The maximum atomic E-state index is 12.8. The molecule has 1 atom stereocenters. The number of anilines is 1. The Hall–Kier alpha value is -2.89. The third-order valence-electron chi connectivity index (χ3n) is 3.17. The molecule has 126 valence electrons. The van der Waals surface area contributed by atoms with Crippen LogP contribution in [0.1, 0.15) is 24.2 Å². The highest BCUT2D eigenvalue weighted by Gasteiger charge is 2.19. The van der Waals surface area contributed by atoms with Gasteiger partial charge in [-0.3, -0.25) is 4.79 Å². The van der Waals surface area contributed by atoms with Crippen LogP contribution in [0.5, 0.6) is 5.75 Å². The van der Waals surface area contributed by atoms with Gasteiger partial charge in [0.25, 0.3) is 5.91 Å². The second-order valence-electron chi connectivity index (χ2n) is 5.00. The third kappa shape index (κ3) is 4.81. The Labute approximate surface area is 139 Å². The van der Waals surface area contributed by atoms with Crippen molar-refractivity contribution in [3.63, 3.8) is 0 Å². The first-order valence-electron chi connectivity index (χ1n) is 7.50. The van der Waals surface area contributed by atoms with Gasteiger partial charge in [-0.2, -0.15) is 0 Å². The molecule has 24 heavy (non-hydrogen) atoms. The number of carbonyl (C=O) groups is 2. The van der Waals surface area contributed by atoms with Crippen molar-refractivity contribution in [3.8, 4) is 5.75 Å². The van der Waals surface area contributed by atoms with Crippen molar-refractivity contribution in [2.45, 2.75) is 20.0 Å². The van der Waals surface area contributed by atoms with Crippen molar-refractivity contribution in [2.75, 3.05) is 11.9 Å². The van der Waals surface area contributed by atoms with Crippen LogP contribution in [0.25, 0.3) is 0 Å². The maximum absolute atomic E-state index is 12.8. The highest BCUT2D eigenvalue weighted by Crippen LogP contribution is 2.14. The van der Waals surface area contributed by atoms with Gasteiger partial charge < -0.3 is 14.8 Å². The fraction of sp³-hybridized carbons (Fsp3) is 0.222. The summed E-state index contributed by atoms with van der Waals surface area (Å²) < 4.78 is 23.2. The second kappa shape index (κ2) is 8.10. The van der Waals surface area contributed by atoms with E-state index in [0.717, 1.165) is 0 Å². The minimum atomic E-state index is -0.992. The first-order chi connectivity index (χ1) is 11.5. The number of carbonyl (C=O) groups excluding carboxylic acids is 2. The molecule has 0 saturated heterocycles. The van der Waals surface area contributed by atoms with Crippen LogP contribution in [0.15, 0.2) is 48.5 Å². The van der Waals surface area contributed by atoms with Crippen molar-refractivity contribution in [1.82, 2.24) is 0 Å². The van der Waals surface area contributed by atoms with E-state index in [1.165, 1.54) is 31.2 Å². The molecule has 0 fully saturated rings. The molecule has 0 saturated carbocycles. The van der Waals surface area contributed by atoms with Crippen molar-refractivity contribution in [2.24, 2.45) is 0 Å². The van der Waals surface area contributed by atoms with Gasteiger partial charge in [0.1, 0.15) is 11.6 Å². The Morgan fingerprint density at radius 1 is 1.08 bits per heavy atom. The Kier molecular flexibility index (Phi) is 5.89. The van der Waals surface area contributed by atoms with Crippen LogP contribution in [0.4, 0.5) is 10.1 Å². The monoisotopic (exact) mass is 331 g/mol. The van der Waals surface area contributed by atoms with E-state index in [-0.39, 0.29) is 0 Å². The summed E-state index contributed by atoms with van der Waals surface area (Å²) in [6.45, 7) is 3.86. The normalized spacial score (nSPS) is 11.5. The van der Waals surface area contributed by atoms with Crippen LogP contribution in [0, 0.1) is 5.82 Å². The molecule has 2 rings (SSSR count). The van der Waals surface area contributed by atoms with E-state index in [4.69, 9.17) is 9.47 Å². The molecule has 6 heteroatoms. The molecule has 2 aromatic rings. The summed E-state index contributed by atoms with van der Waals surface area (Å²) in [5.74, 6) is -0.861. The lowest BCUT2D eigenvalue weighted by molar-refractivity contribution is -0.123. The second-order valence-corrected chi connectivity index (χ2v) is 5.00. The molecule has 1 N–H and O–H groups in total. The first-order valence-corrected chi connectivity index (χ1v) is 7.50. The molecule has 0 aliphatic heterocycles. The van der Waals surface area contributed by atoms with E-state index in [1.54, 1.807) is 24.3 Å². The zero-order valence-corrected chi connectivity index (χ0v) is 13.4. The van der Waals surface area contributed by atoms with Crippen LogP contribution >= 0.6 is 0 Å². The zero-order valence-electron chi connectivity index (χ0n) is 13.4. The lowest BCUT2D eigenvalue weighted by atomic mass is 10.2. The minimum Gasteiger partial charge on any atom is -0.494 e. The fourth-order valence-electron chi connectivity index (χ4n) is 1.91. The molecule has 2 aromatic carbocycles. The van der Waals surface area contributed by atoms with Crippen molar-refractivity contribution in [1.29, 1.82) is 0 Å². The number of benzene rings is 2.